The van der Waals surface area contributed by atoms with Gasteiger partial charge in [-0.3, -0.25) is 10.1 Å². The molecule has 2 aliphatic rings. The van der Waals surface area contributed by atoms with Crippen LogP contribution >= 0.6 is 0 Å². The molecular weight excluding hydrogens is 348 g/mol. The van der Waals surface area contributed by atoms with E-state index in [0.717, 1.165) is 50.2 Å². The van der Waals surface area contributed by atoms with Crippen molar-refractivity contribution in [1.82, 2.24) is 10.3 Å². The van der Waals surface area contributed by atoms with Gasteiger partial charge in [-0.15, -0.1) is 0 Å². The van der Waals surface area contributed by atoms with Crippen LogP contribution in [-0.4, -0.2) is 48.9 Å². The van der Waals surface area contributed by atoms with Gasteiger partial charge in [-0.25, -0.2) is 0 Å². The number of fused-ring (bicyclic) bond motifs is 1. The van der Waals surface area contributed by atoms with Crippen LogP contribution in [0.25, 0.3) is 0 Å². The van der Waals surface area contributed by atoms with Gasteiger partial charge in [0.25, 0.3) is 0 Å². The molecule has 0 radical (unpaired) electrons. The van der Waals surface area contributed by atoms with Gasteiger partial charge in [0.2, 0.25) is 5.75 Å². The lowest BCUT2D eigenvalue weighted by molar-refractivity contribution is -0.386. The number of rotatable bonds is 8. The van der Waals surface area contributed by atoms with E-state index in [2.05, 4.69) is 22.4 Å². The smallest absolute Gasteiger partial charge is 0.315 e. The number of benzene rings is 1. The highest BCUT2D eigenvalue weighted by atomic mass is 16.6. The molecule has 2 atom stereocenters. The predicted molar refractivity (Wildman–Crippen MR) is 104 cm³/mol. The number of methoxy groups -OCH3 is 1. The zero-order valence-corrected chi connectivity index (χ0v) is 16.2. The molecule has 1 fully saturated rings. The van der Waals surface area contributed by atoms with Crippen LogP contribution < -0.4 is 14.9 Å². The summed E-state index contributed by atoms with van der Waals surface area (Å²) in [6.45, 7) is 7.52. The summed E-state index contributed by atoms with van der Waals surface area (Å²) in [5, 5.41) is 16.2. The number of nitro groups is 1. The first-order valence-electron chi connectivity index (χ1n) is 9.62. The fourth-order valence-corrected chi connectivity index (χ4v) is 3.74. The van der Waals surface area contributed by atoms with Gasteiger partial charge in [0, 0.05) is 37.2 Å². The Bertz CT molecular complexity index is 722. The van der Waals surface area contributed by atoms with E-state index in [-0.39, 0.29) is 23.4 Å². The highest BCUT2D eigenvalue weighted by Crippen LogP contribution is 2.42. The van der Waals surface area contributed by atoms with Gasteiger partial charge < -0.3 is 19.8 Å². The first kappa shape index (κ1) is 19.4. The van der Waals surface area contributed by atoms with Gasteiger partial charge >= 0.3 is 5.69 Å². The lowest BCUT2D eigenvalue weighted by Gasteiger charge is -2.32. The molecule has 2 aliphatic heterocycles. The second kappa shape index (κ2) is 8.56. The topological polar surface area (TPSA) is 89.2 Å². The first-order chi connectivity index (χ1) is 13.1. The minimum atomic E-state index is -0.400. The summed E-state index contributed by atoms with van der Waals surface area (Å²) < 4.78 is 11.1. The van der Waals surface area contributed by atoms with E-state index < -0.39 is 4.92 Å². The number of likely N-dealkylation sites (tertiary alicyclic amines) is 1. The summed E-state index contributed by atoms with van der Waals surface area (Å²) >= 11 is 0. The maximum atomic E-state index is 11.7. The van der Waals surface area contributed by atoms with E-state index in [0.29, 0.717) is 12.4 Å². The van der Waals surface area contributed by atoms with Gasteiger partial charge in [-0.05, 0) is 24.6 Å². The predicted octanol–water partition coefficient (Wildman–Crippen LogP) is 3.12. The molecule has 2 unspecified atom stereocenters. The minimum Gasteiger partial charge on any atom is -0.493 e. The van der Waals surface area contributed by atoms with Crippen LogP contribution in [0.3, 0.4) is 0 Å². The molecule has 1 aromatic rings. The summed E-state index contributed by atoms with van der Waals surface area (Å²) in [4.78, 5) is 13.7. The molecular formula is C19H28N4O4. The Morgan fingerprint density at radius 1 is 1.41 bits per heavy atom. The third kappa shape index (κ3) is 4.00. The SMILES string of the molecule is CCCCOc1c(OC)cc(C2NN=C3CCN(CC)CC32)cc1[N+](=O)[O-]. The van der Waals surface area contributed by atoms with Crippen molar-refractivity contribution >= 4 is 11.4 Å². The highest BCUT2D eigenvalue weighted by molar-refractivity contribution is 5.90. The molecule has 0 aromatic heterocycles. The van der Waals surface area contributed by atoms with E-state index >= 15 is 0 Å². The van der Waals surface area contributed by atoms with Gasteiger partial charge in [0.15, 0.2) is 5.75 Å². The van der Waals surface area contributed by atoms with Crippen LogP contribution in [-0.2, 0) is 0 Å². The summed E-state index contributed by atoms with van der Waals surface area (Å²) in [6, 6.07) is 3.35. The van der Waals surface area contributed by atoms with Gasteiger partial charge in [0.1, 0.15) is 0 Å². The molecule has 0 aliphatic carbocycles. The Labute approximate surface area is 159 Å². The molecule has 1 N–H and O–H groups in total. The van der Waals surface area contributed by atoms with Crippen LogP contribution in [0, 0.1) is 16.0 Å². The normalized spacial score (nSPS) is 22.0. The minimum absolute atomic E-state index is 0.0566. The monoisotopic (exact) mass is 376 g/mol. The van der Waals surface area contributed by atoms with Crippen molar-refractivity contribution in [3.05, 3.63) is 27.8 Å². The van der Waals surface area contributed by atoms with E-state index in [1.54, 1.807) is 6.07 Å². The zero-order valence-electron chi connectivity index (χ0n) is 16.2. The van der Waals surface area contributed by atoms with Crippen molar-refractivity contribution in [2.45, 2.75) is 39.2 Å². The van der Waals surface area contributed by atoms with E-state index in [1.807, 2.05) is 13.0 Å². The molecule has 27 heavy (non-hydrogen) atoms. The Kier molecular flexibility index (Phi) is 6.15. The second-order valence-electron chi connectivity index (χ2n) is 6.99. The number of hydrogen-bond acceptors (Lipinski definition) is 7. The number of hydrazone groups is 1. The molecule has 3 rings (SSSR count). The third-order valence-corrected chi connectivity index (χ3v) is 5.34. The Morgan fingerprint density at radius 3 is 2.89 bits per heavy atom. The van der Waals surface area contributed by atoms with Gasteiger partial charge in [-0.1, -0.05) is 20.3 Å². The number of unbranched alkanes of at least 4 members (excludes halogenated alkanes) is 1. The van der Waals surface area contributed by atoms with Gasteiger partial charge in [0.05, 0.1) is 24.7 Å². The summed E-state index contributed by atoms with van der Waals surface area (Å²) in [6.07, 6.45) is 2.72. The Morgan fingerprint density at radius 2 is 2.22 bits per heavy atom. The average molecular weight is 376 g/mol. The molecule has 8 heteroatoms. The van der Waals surface area contributed by atoms with Crippen molar-refractivity contribution in [2.75, 3.05) is 33.4 Å². The fraction of sp³-hybridized carbons (Fsp3) is 0.632. The molecule has 0 saturated carbocycles. The van der Waals surface area contributed by atoms with Crippen LogP contribution in [0.5, 0.6) is 11.5 Å². The maximum Gasteiger partial charge on any atom is 0.315 e. The van der Waals surface area contributed by atoms with E-state index in [4.69, 9.17) is 9.47 Å². The van der Waals surface area contributed by atoms with E-state index in [9.17, 15) is 10.1 Å². The quantitative estimate of drug-likeness (QED) is 0.426. The fourth-order valence-electron chi connectivity index (χ4n) is 3.74. The van der Waals surface area contributed by atoms with E-state index in [1.165, 1.54) is 7.11 Å². The van der Waals surface area contributed by atoms with Crippen molar-refractivity contribution in [1.29, 1.82) is 0 Å². The molecule has 2 heterocycles. The standard InChI is InChI=1S/C19H28N4O4/c1-4-6-9-27-19-16(23(24)25)10-13(11-17(19)26-3)18-14-12-22(5-2)8-7-15(14)20-21-18/h10-11,14,18,21H,4-9,12H2,1-3H3. The lowest BCUT2D eigenvalue weighted by atomic mass is 9.86. The van der Waals surface area contributed by atoms with Crippen LogP contribution in [0.2, 0.25) is 0 Å². The number of hydrogen-bond donors (Lipinski definition) is 1. The van der Waals surface area contributed by atoms with Crippen molar-refractivity contribution in [3.63, 3.8) is 0 Å². The van der Waals surface area contributed by atoms with Crippen LogP contribution in [0.1, 0.15) is 44.7 Å². The highest BCUT2D eigenvalue weighted by Gasteiger charge is 2.38. The van der Waals surface area contributed by atoms with Crippen molar-refractivity contribution < 1.29 is 14.4 Å². The van der Waals surface area contributed by atoms with Crippen molar-refractivity contribution in [2.24, 2.45) is 11.0 Å². The average Bonchev–Trinajstić information content (AvgIpc) is 3.10. The number of nitrogens with zero attached hydrogens (tertiary/aromatic N) is 3. The summed E-state index contributed by atoms with van der Waals surface area (Å²) in [5.74, 6) is 0.821. The van der Waals surface area contributed by atoms with Crippen LogP contribution in [0.4, 0.5) is 5.69 Å². The molecule has 8 nitrogen and oxygen atoms in total. The summed E-state index contributed by atoms with van der Waals surface area (Å²) in [7, 11) is 1.51. The molecule has 0 amide bonds. The molecule has 148 valence electrons. The van der Waals surface area contributed by atoms with Crippen LogP contribution in [0.15, 0.2) is 17.2 Å². The maximum absolute atomic E-state index is 11.7. The number of ether oxygens (including phenoxy) is 2. The van der Waals surface area contributed by atoms with Crippen molar-refractivity contribution in [3.8, 4) is 11.5 Å². The number of nitro benzene ring substituents is 1. The number of piperidine rings is 1. The zero-order chi connectivity index (χ0) is 19.4. The first-order valence-corrected chi connectivity index (χ1v) is 9.62. The second-order valence-corrected chi connectivity index (χ2v) is 6.99. The lowest BCUT2D eigenvalue weighted by Crippen LogP contribution is -2.41. The largest absolute Gasteiger partial charge is 0.493 e. The molecule has 1 aromatic carbocycles. The number of nitrogens with one attached hydrogen (secondary N) is 1. The molecule has 0 spiro atoms. The summed E-state index contributed by atoms with van der Waals surface area (Å²) in [5.41, 5.74) is 5.09. The molecule has 0 bridgehead atoms. The third-order valence-electron chi connectivity index (χ3n) is 5.34. The Balaban J connectivity index is 1.92. The van der Waals surface area contributed by atoms with Gasteiger partial charge in [-0.2, -0.15) is 5.10 Å². The Hall–Kier alpha value is -2.35. The molecule has 1 saturated heterocycles.